The van der Waals surface area contributed by atoms with Gasteiger partial charge in [-0.25, -0.2) is 4.98 Å². The molecule has 0 radical (unpaired) electrons. The zero-order valence-corrected chi connectivity index (χ0v) is 8.09. The van der Waals surface area contributed by atoms with Crippen LogP contribution in [0.3, 0.4) is 0 Å². The quantitative estimate of drug-likeness (QED) is 0.541. The van der Waals surface area contributed by atoms with Crippen LogP contribution in [-0.2, 0) is 0 Å². The number of pyridine rings is 1. The van der Waals surface area contributed by atoms with Crippen molar-refractivity contribution in [2.24, 2.45) is 0 Å². The lowest BCUT2D eigenvalue weighted by Gasteiger charge is -1.91. The molecule has 0 aliphatic heterocycles. The minimum atomic E-state index is 0.849. The predicted octanol–water partition coefficient (Wildman–Crippen LogP) is 1.35. The topological polar surface area (TPSA) is 24.9 Å². The second-order valence-electron chi connectivity index (χ2n) is 2.88. The van der Waals surface area contributed by atoms with Crippen LogP contribution in [0.4, 0.5) is 0 Å². The van der Waals surface area contributed by atoms with Gasteiger partial charge in [-0.15, -0.1) is 0 Å². The third kappa shape index (κ3) is 3.73. The van der Waals surface area contributed by atoms with Crippen LogP contribution in [0.15, 0.2) is 18.3 Å². The molecule has 0 unspecified atom stereocenters. The first-order chi connectivity index (χ1) is 6.33. The van der Waals surface area contributed by atoms with E-state index in [1.54, 1.807) is 0 Å². The van der Waals surface area contributed by atoms with E-state index in [-0.39, 0.29) is 0 Å². The Labute approximate surface area is 79.4 Å². The Morgan fingerprint density at radius 3 is 2.92 bits per heavy atom. The van der Waals surface area contributed by atoms with Crippen LogP contribution in [0.1, 0.15) is 17.7 Å². The third-order valence-electron chi connectivity index (χ3n) is 1.63. The maximum atomic E-state index is 4.18. The minimum absolute atomic E-state index is 0.849. The number of hydrogen-bond donors (Lipinski definition) is 1. The van der Waals surface area contributed by atoms with Crippen molar-refractivity contribution in [3.8, 4) is 11.8 Å². The number of aryl methyl sites for hydroxylation is 1. The van der Waals surface area contributed by atoms with Crippen molar-refractivity contribution in [2.75, 3.05) is 13.6 Å². The van der Waals surface area contributed by atoms with Crippen molar-refractivity contribution in [3.63, 3.8) is 0 Å². The zero-order valence-electron chi connectivity index (χ0n) is 8.09. The van der Waals surface area contributed by atoms with Crippen molar-refractivity contribution in [1.29, 1.82) is 0 Å². The fourth-order valence-electron chi connectivity index (χ4n) is 0.882. The number of aromatic nitrogens is 1. The second kappa shape index (κ2) is 5.34. The van der Waals surface area contributed by atoms with Crippen LogP contribution >= 0.6 is 0 Å². The molecule has 1 N–H and O–H groups in total. The fraction of sp³-hybridized carbons (Fsp3) is 0.364. The van der Waals surface area contributed by atoms with Gasteiger partial charge in [-0.1, -0.05) is 12.0 Å². The van der Waals surface area contributed by atoms with E-state index < -0.39 is 0 Å². The number of rotatable bonds is 2. The SMILES string of the molecule is CNCCC#Cc1ccc(C)cn1. The number of nitrogens with zero attached hydrogens (tertiary/aromatic N) is 1. The van der Waals surface area contributed by atoms with E-state index in [2.05, 4.69) is 22.1 Å². The van der Waals surface area contributed by atoms with E-state index >= 15 is 0 Å². The van der Waals surface area contributed by atoms with Crippen molar-refractivity contribution in [1.82, 2.24) is 10.3 Å². The van der Waals surface area contributed by atoms with Crippen LogP contribution in [0.2, 0.25) is 0 Å². The highest BCUT2D eigenvalue weighted by molar-refractivity contribution is 5.28. The van der Waals surface area contributed by atoms with E-state index in [4.69, 9.17) is 0 Å². The highest BCUT2D eigenvalue weighted by atomic mass is 14.8. The lowest BCUT2D eigenvalue weighted by Crippen LogP contribution is -2.05. The molecule has 2 heteroatoms. The van der Waals surface area contributed by atoms with E-state index in [1.165, 1.54) is 5.56 Å². The lowest BCUT2D eigenvalue weighted by molar-refractivity contribution is 0.818. The van der Waals surface area contributed by atoms with Gasteiger partial charge in [-0.05, 0) is 31.5 Å². The Hall–Kier alpha value is -1.33. The summed E-state index contributed by atoms with van der Waals surface area (Å²) in [6, 6.07) is 3.97. The maximum absolute atomic E-state index is 4.18. The summed E-state index contributed by atoms with van der Waals surface area (Å²) in [6.07, 6.45) is 2.70. The van der Waals surface area contributed by atoms with Gasteiger partial charge >= 0.3 is 0 Å². The average Bonchev–Trinajstić information content (AvgIpc) is 2.15. The zero-order chi connectivity index (χ0) is 9.52. The van der Waals surface area contributed by atoms with Gasteiger partial charge in [0.1, 0.15) is 5.69 Å². The molecular formula is C11H14N2. The lowest BCUT2D eigenvalue weighted by atomic mass is 10.3. The summed E-state index contributed by atoms with van der Waals surface area (Å²) in [4.78, 5) is 4.18. The summed E-state index contributed by atoms with van der Waals surface area (Å²) in [6.45, 7) is 2.95. The molecule has 0 fully saturated rings. The molecule has 0 bridgehead atoms. The van der Waals surface area contributed by atoms with E-state index in [9.17, 15) is 0 Å². The molecule has 1 heterocycles. The smallest absolute Gasteiger partial charge is 0.113 e. The second-order valence-corrected chi connectivity index (χ2v) is 2.88. The molecule has 0 aromatic carbocycles. The van der Waals surface area contributed by atoms with Gasteiger partial charge in [-0.3, -0.25) is 0 Å². The Kier molecular flexibility index (Phi) is 4.01. The predicted molar refractivity (Wildman–Crippen MR) is 54.4 cm³/mol. The van der Waals surface area contributed by atoms with Crippen LogP contribution < -0.4 is 5.32 Å². The molecule has 0 saturated heterocycles. The Balaban J connectivity index is 2.52. The van der Waals surface area contributed by atoms with Crippen LogP contribution in [0, 0.1) is 18.8 Å². The summed E-state index contributed by atoms with van der Waals surface area (Å²) in [5.41, 5.74) is 2.02. The van der Waals surface area contributed by atoms with Gasteiger partial charge < -0.3 is 5.32 Å². The molecule has 1 rings (SSSR count). The molecule has 0 aliphatic rings. The first-order valence-corrected chi connectivity index (χ1v) is 4.39. The van der Waals surface area contributed by atoms with Crippen molar-refractivity contribution >= 4 is 0 Å². The summed E-state index contributed by atoms with van der Waals surface area (Å²) in [7, 11) is 1.92. The number of hydrogen-bond acceptors (Lipinski definition) is 2. The van der Waals surface area contributed by atoms with Gasteiger partial charge in [0.05, 0.1) is 0 Å². The van der Waals surface area contributed by atoms with Gasteiger partial charge in [0.15, 0.2) is 0 Å². The van der Waals surface area contributed by atoms with Gasteiger partial charge in [0, 0.05) is 19.2 Å². The summed E-state index contributed by atoms with van der Waals surface area (Å²) in [5, 5.41) is 3.04. The molecule has 13 heavy (non-hydrogen) atoms. The molecular weight excluding hydrogens is 160 g/mol. The summed E-state index contributed by atoms with van der Waals surface area (Å²) in [5.74, 6) is 6.05. The van der Waals surface area contributed by atoms with Gasteiger partial charge in [-0.2, -0.15) is 0 Å². The first-order valence-electron chi connectivity index (χ1n) is 4.39. The molecule has 1 aromatic heterocycles. The van der Waals surface area contributed by atoms with Crippen LogP contribution in [0.5, 0.6) is 0 Å². The average molecular weight is 174 g/mol. The standard InChI is InChI=1S/C11H14N2/c1-10-6-7-11(13-9-10)5-3-4-8-12-2/h6-7,9,12H,4,8H2,1-2H3. The van der Waals surface area contributed by atoms with Crippen LogP contribution in [0.25, 0.3) is 0 Å². The monoisotopic (exact) mass is 174 g/mol. The highest BCUT2D eigenvalue weighted by Crippen LogP contribution is 1.96. The van der Waals surface area contributed by atoms with Gasteiger partial charge in [0.25, 0.3) is 0 Å². The third-order valence-corrected chi connectivity index (χ3v) is 1.63. The highest BCUT2D eigenvalue weighted by Gasteiger charge is 1.86. The molecule has 0 spiro atoms. The molecule has 0 amide bonds. The van der Waals surface area contributed by atoms with Crippen molar-refractivity contribution < 1.29 is 0 Å². The number of nitrogens with one attached hydrogen (secondary N) is 1. The molecule has 0 saturated carbocycles. The van der Waals surface area contributed by atoms with Gasteiger partial charge in [0.2, 0.25) is 0 Å². The maximum Gasteiger partial charge on any atom is 0.113 e. The van der Waals surface area contributed by atoms with Crippen molar-refractivity contribution in [2.45, 2.75) is 13.3 Å². The first kappa shape index (κ1) is 9.76. The molecule has 1 aromatic rings. The van der Waals surface area contributed by atoms with E-state index in [1.807, 2.05) is 32.3 Å². The van der Waals surface area contributed by atoms with E-state index in [0.29, 0.717) is 0 Å². The Morgan fingerprint density at radius 1 is 1.46 bits per heavy atom. The summed E-state index contributed by atoms with van der Waals surface area (Å²) >= 11 is 0. The molecule has 68 valence electrons. The minimum Gasteiger partial charge on any atom is -0.319 e. The molecule has 0 aliphatic carbocycles. The van der Waals surface area contributed by atoms with E-state index in [0.717, 1.165) is 18.7 Å². The fourth-order valence-corrected chi connectivity index (χ4v) is 0.882. The Bertz CT molecular complexity index is 303. The molecule has 0 atom stereocenters. The van der Waals surface area contributed by atoms with Crippen LogP contribution in [-0.4, -0.2) is 18.6 Å². The summed E-state index contributed by atoms with van der Waals surface area (Å²) < 4.78 is 0. The molecule has 2 nitrogen and oxygen atoms in total. The largest absolute Gasteiger partial charge is 0.319 e. The van der Waals surface area contributed by atoms with Crippen molar-refractivity contribution in [3.05, 3.63) is 29.6 Å². The normalized spacial score (nSPS) is 9.08. The Morgan fingerprint density at radius 2 is 2.31 bits per heavy atom.